The van der Waals surface area contributed by atoms with Crippen LogP contribution >= 0.6 is 0 Å². The molecular formula is C14H21N3O. The average Bonchev–Trinajstić information content (AvgIpc) is 2.76. The van der Waals surface area contributed by atoms with E-state index in [1.165, 1.54) is 23.4 Å². The van der Waals surface area contributed by atoms with Gasteiger partial charge in [0.25, 0.3) is 0 Å². The molecule has 0 aromatic carbocycles. The van der Waals surface area contributed by atoms with Gasteiger partial charge in [-0.3, -0.25) is 0 Å². The molecule has 1 aliphatic heterocycles. The molecule has 0 amide bonds. The highest BCUT2D eigenvalue weighted by molar-refractivity contribution is 5.39. The summed E-state index contributed by atoms with van der Waals surface area (Å²) in [6.07, 6.45) is 4.00. The normalized spacial score (nSPS) is 27.4. The van der Waals surface area contributed by atoms with Gasteiger partial charge in [-0.1, -0.05) is 0 Å². The first-order valence-electron chi connectivity index (χ1n) is 6.90. The van der Waals surface area contributed by atoms with E-state index in [1.807, 2.05) is 0 Å². The lowest BCUT2D eigenvalue weighted by molar-refractivity contribution is -0.00574. The van der Waals surface area contributed by atoms with Crippen molar-refractivity contribution in [1.29, 1.82) is 0 Å². The number of nitrogens with zero attached hydrogens (tertiary/aromatic N) is 3. The molecule has 2 atom stereocenters. The van der Waals surface area contributed by atoms with Gasteiger partial charge in [-0.15, -0.1) is 0 Å². The minimum absolute atomic E-state index is 0.255. The molecule has 4 heteroatoms. The lowest BCUT2D eigenvalue weighted by Gasteiger charge is -2.35. The maximum absolute atomic E-state index is 5.76. The summed E-state index contributed by atoms with van der Waals surface area (Å²) in [4.78, 5) is 11.7. The molecule has 3 rings (SSSR count). The molecule has 1 aromatic heterocycles. The van der Waals surface area contributed by atoms with E-state index >= 15 is 0 Å². The number of aryl methyl sites for hydroxylation is 2. The molecule has 1 fully saturated rings. The third-order valence-corrected chi connectivity index (χ3v) is 3.83. The number of fused-ring (bicyclic) bond motifs is 1. The fraction of sp³-hybridized carbons (Fsp3) is 0.714. The number of anilines is 1. The molecule has 1 saturated heterocycles. The largest absolute Gasteiger partial charge is 0.372 e. The second-order valence-electron chi connectivity index (χ2n) is 5.55. The number of hydrogen-bond donors (Lipinski definition) is 0. The molecule has 0 bridgehead atoms. The fourth-order valence-corrected chi connectivity index (χ4v) is 3.09. The second-order valence-corrected chi connectivity index (χ2v) is 5.55. The van der Waals surface area contributed by atoms with E-state index in [0.717, 1.165) is 31.9 Å². The van der Waals surface area contributed by atoms with Crippen molar-refractivity contribution in [3.8, 4) is 0 Å². The summed E-state index contributed by atoms with van der Waals surface area (Å²) >= 11 is 0. The lowest BCUT2D eigenvalue weighted by atomic mass is 10.2. The third-order valence-electron chi connectivity index (χ3n) is 3.83. The summed E-state index contributed by atoms with van der Waals surface area (Å²) in [5.74, 6) is 0.898. The highest BCUT2D eigenvalue weighted by Gasteiger charge is 2.26. The van der Waals surface area contributed by atoms with Gasteiger partial charge in [0.1, 0.15) is 0 Å². The molecule has 0 N–H and O–H groups in total. The molecule has 1 aromatic rings. The Kier molecular flexibility index (Phi) is 2.98. The van der Waals surface area contributed by atoms with Gasteiger partial charge >= 0.3 is 0 Å². The highest BCUT2D eigenvalue weighted by atomic mass is 16.5. The molecule has 2 aliphatic rings. The lowest BCUT2D eigenvalue weighted by Crippen LogP contribution is -2.46. The molecule has 4 nitrogen and oxygen atoms in total. The topological polar surface area (TPSA) is 38.2 Å². The van der Waals surface area contributed by atoms with Crippen LogP contribution in [0, 0.1) is 6.92 Å². The molecular weight excluding hydrogens is 226 g/mol. The Hall–Kier alpha value is -1.16. The minimum Gasteiger partial charge on any atom is -0.372 e. The van der Waals surface area contributed by atoms with Crippen LogP contribution in [0.5, 0.6) is 0 Å². The number of morpholine rings is 1. The number of hydrogen-bond acceptors (Lipinski definition) is 4. The molecule has 0 unspecified atom stereocenters. The zero-order chi connectivity index (χ0) is 12.7. The van der Waals surface area contributed by atoms with Crippen molar-refractivity contribution >= 4 is 5.95 Å². The first kappa shape index (κ1) is 11.9. The molecule has 18 heavy (non-hydrogen) atoms. The summed E-state index contributed by atoms with van der Waals surface area (Å²) in [6, 6.07) is 0. The van der Waals surface area contributed by atoms with E-state index < -0.39 is 0 Å². The van der Waals surface area contributed by atoms with E-state index in [9.17, 15) is 0 Å². The zero-order valence-corrected chi connectivity index (χ0v) is 11.4. The van der Waals surface area contributed by atoms with Gasteiger partial charge in [-0.05, 0) is 45.6 Å². The van der Waals surface area contributed by atoms with Crippen LogP contribution in [-0.2, 0) is 17.6 Å². The van der Waals surface area contributed by atoms with Crippen LogP contribution in [0.15, 0.2) is 0 Å². The van der Waals surface area contributed by atoms with Crippen molar-refractivity contribution in [3.05, 3.63) is 17.0 Å². The summed E-state index contributed by atoms with van der Waals surface area (Å²) < 4.78 is 5.76. The van der Waals surface area contributed by atoms with E-state index in [1.54, 1.807) is 0 Å². The maximum atomic E-state index is 5.76. The Labute approximate surface area is 108 Å². The van der Waals surface area contributed by atoms with Crippen molar-refractivity contribution in [2.24, 2.45) is 0 Å². The SMILES string of the molecule is Cc1nc(N2C[C@@H](C)O[C@@H](C)C2)nc2c1CCC2. The van der Waals surface area contributed by atoms with Crippen LogP contribution < -0.4 is 4.90 Å². The highest BCUT2D eigenvalue weighted by Crippen LogP contribution is 2.25. The smallest absolute Gasteiger partial charge is 0.225 e. The van der Waals surface area contributed by atoms with Crippen molar-refractivity contribution in [3.63, 3.8) is 0 Å². The van der Waals surface area contributed by atoms with Crippen molar-refractivity contribution in [2.45, 2.75) is 52.2 Å². The molecule has 2 heterocycles. The predicted octanol–water partition coefficient (Wildman–Crippen LogP) is 1.89. The Balaban J connectivity index is 1.90. The summed E-state index contributed by atoms with van der Waals surface area (Å²) in [5.41, 5.74) is 3.82. The maximum Gasteiger partial charge on any atom is 0.225 e. The van der Waals surface area contributed by atoms with Gasteiger partial charge in [0, 0.05) is 24.5 Å². The van der Waals surface area contributed by atoms with Gasteiger partial charge < -0.3 is 9.64 Å². The van der Waals surface area contributed by atoms with E-state index in [4.69, 9.17) is 14.7 Å². The fourth-order valence-electron chi connectivity index (χ4n) is 3.09. The Morgan fingerprint density at radius 2 is 1.83 bits per heavy atom. The monoisotopic (exact) mass is 247 g/mol. The van der Waals surface area contributed by atoms with Gasteiger partial charge in [-0.2, -0.15) is 0 Å². The summed E-state index contributed by atoms with van der Waals surface area (Å²) in [5, 5.41) is 0. The van der Waals surface area contributed by atoms with Crippen LogP contribution in [0.4, 0.5) is 5.95 Å². The van der Waals surface area contributed by atoms with Crippen LogP contribution in [0.2, 0.25) is 0 Å². The number of rotatable bonds is 1. The van der Waals surface area contributed by atoms with Gasteiger partial charge in [0.05, 0.1) is 12.2 Å². The molecule has 0 saturated carbocycles. The number of ether oxygens (including phenoxy) is 1. The van der Waals surface area contributed by atoms with Crippen LogP contribution in [0.25, 0.3) is 0 Å². The minimum atomic E-state index is 0.255. The summed E-state index contributed by atoms with van der Waals surface area (Å²) in [6.45, 7) is 8.12. The Bertz CT molecular complexity index is 451. The van der Waals surface area contributed by atoms with Crippen LogP contribution in [0.1, 0.15) is 37.2 Å². The third kappa shape index (κ3) is 2.09. The Morgan fingerprint density at radius 3 is 2.56 bits per heavy atom. The van der Waals surface area contributed by atoms with E-state index in [-0.39, 0.29) is 12.2 Å². The molecule has 98 valence electrons. The number of aromatic nitrogens is 2. The second kappa shape index (κ2) is 4.50. The first-order chi connectivity index (χ1) is 8.63. The van der Waals surface area contributed by atoms with Crippen LogP contribution in [0.3, 0.4) is 0 Å². The van der Waals surface area contributed by atoms with Gasteiger partial charge in [-0.25, -0.2) is 9.97 Å². The van der Waals surface area contributed by atoms with Gasteiger partial charge in [0.2, 0.25) is 5.95 Å². The van der Waals surface area contributed by atoms with Crippen molar-refractivity contribution in [1.82, 2.24) is 9.97 Å². The van der Waals surface area contributed by atoms with Gasteiger partial charge in [0.15, 0.2) is 0 Å². The first-order valence-corrected chi connectivity index (χ1v) is 6.90. The zero-order valence-electron chi connectivity index (χ0n) is 11.4. The predicted molar refractivity (Wildman–Crippen MR) is 71.0 cm³/mol. The van der Waals surface area contributed by atoms with Crippen LogP contribution in [-0.4, -0.2) is 35.3 Å². The molecule has 1 aliphatic carbocycles. The van der Waals surface area contributed by atoms with Crippen molar-refractivity contribution in [2.75, 3.05) is 18.0 Å². The standard InChI is InChI=1S/C14H21N3O/c1-9-7-17(8-10(2)18-9)14-15-11(3)12-5-4-6-13(12)16-14/h9-10H,4-8H2,1-3H3/t9-,10+. The molecule has 0 spiro atoms. The molecule has 0 radical (unpaired) electrons. The average molecular weight is 247 g/mol. The quantitative estimate of drug-likeness (QED) is 0.759. The Morgan fingerprint density at radius 1 is 1.11 bits per heavy atom. The summed E-state index contributed by atoms with van der Waals surface area (Å²) in [7, 11) is 0. The van der Waals surface area contributed by atoms with E-state index in [2.05, 4.69) is 25.7 Å². The van der Waals surface area contributed by atoms with Crippen molar-refractivity contribution < 1.29 is 4.74 Å². The van der Waals surface area contributed by atoms with E-state index in [0.29, 0.717) is 0 Å².